The fourth-order valence-electron chi connectivity index (χ4n) is 2.71. The molecular weight excluding hydrogens is 374 g/mol. The summed E-state index contributed by atoms with van der Waals surface area (Å²) in [6, 6.07) is 4.26. The third-order valence-electron chi connectivity index (χ3n) is 4.12. The van der Waals surface area contributed by atoms with Gasteiger partial charge in [-0.3, -0.25) is 14.5 Å². The van der Waals surface area contributed by atoms with Gasteiger partial charge in [-0.05, 0) is 18.2 Å². The van der Waals surface area contributed by atoms with Crippen molar-refractivity contribution in [2.24, 2.45) is 0 Å². The third-order valence-corrected chi connectivity index (χ3v) is 6.16. The van der Waals surface area contributed by atoms with Crippen LogP contribution in [-0.2, 0) is 19.6 Å². The van der Waals surface area contributed by atoms with E-state index in [1.807, 2.05) is 0 Å². The lowest BCUT2D eigenvalue weighted by molar-refractivity contribution is -0.137. The molecule has 9 nitrogen and oxygen atoms in total. The minimum Gasteiger partial charge on any atom is -0.495 e. The van der Waals surface area contributed by atoms with E-state index < -0.39 is 21.8 Å². The number of benzene rings is 1. The SMILES string of the molecule is CCN(CC)S(=O)(=O)c1ccc(OC)c(NC2=CC(=O)N(CCO)C2=O)c1. The summed E-state index contributed by atoms with van der Waals surface area (Å²) in [4.78, 5) is 25.1. The van der Waals surface area contributed by atoms with E-state index in [1.165, 1.54) is 29.6 Å². The molecule has 0 radical (unpaired) electrons. The van der Waals surface area contributed by atoms with E-state index in [4.69, 9.17) is 9.84 Å². The fraction of sp³-hybridized carbons (Fsp3) is 0.412. The first-order valence-corrected chi connectivity index (χ1v) is 9.87. The molecule has 0 unspecified atom stereocenters. The predicted octanol–water partition coefficient (Wildman–Crippen LogP) is 0.383. The molecule has 0 saturated heterocycles. The molecule has 1 heterocycles. The number of ether oxygens (including phenoxy) is 1. The number of methoxy groups -OCH3 is 1. The quantitative estimate of drug-likeness (QED) is 0.579. The molecule has 0 aliphatic carbocycles. The molecule has 0 fully saturated rings. The van der Waals surface area contributed by atoms with E-state index >= 15 is 0 Å². The Balaban J connectivity index is 2.39. The van der Waals surface area contributed by atoms with Crippen molar-refractivity contribution in [3.8, 4) is 5.75 Å². The Bertz CT molecular complexity index is 861. The zero-order valence-electron chi connectivity index (χ0n) is 15.4. The summed E-state index contributed by atoms with van der Waals surface area (Å²) in [6.07, 6.45) is 1.10. The zero-order chi connectivity index (χ0) is 20.2. The first-order valence-electron chi connectivity index (χ1n) is 8.43. The molecule has 27 heavy (non-hydrogen) atoms. The van der Waals surface area contributed by atoms with Crippen molar-refractivity contribution in [1.29, 1.82) is 0 Å². The largest absolute Gasteiger partial charge is 0.495 e. The van der Waals surface area contributed by atoms with Gasteiger partial charge in [-0.1, -0.05) is 13.8 Å². The molecule has 2 N–H and O–H groups in total. The van der Waals surface area contributed by atoms with Crippen LogP contribution in [-0.4, -0.2) is 67.9 Å². The molecule has 1 aliphatic rings. The van der Waals surface area contributed by atoms with Gasteiger partial charge in [0, 0.05) is 19.2 Å². The van der Waals surface area contributed by atoms with Gasteiger partial charge >= 0.3 is 0 Å². The standard InChI is InChI=1S/C17H23N3O6S/c1-4-19(5-2)27(24,25)12-6-7-15(26-3)13(10-12)18-14-11-16(22)20(8-9-21)17(14)23/h6-7,10-11,18,21H,4-5,8-9H2,1-3H3. The second-order valence-electron chi connectivity index (χ2n) is 5.65. The highest BCUT2D eigenvalue weighted by Crippen LogP contribution is 2.31. The van der Waals surface area contributed by atoms with Gasteiger partial charge in [-0.25, -0.2) is 8.42 Å². The number of nitrogens with one attached hydrogen (secondary N) is 1. The van der Waals surface area contributed by atoms with E-state index in [9.17, 15) is 18.0 Å². The molecule has 10 heteroatoms. The highest BCUT2D eigenvalue weighted by atomic mass is 32.2. The minimum absolute atomic E-state index is 0.0239. The molecule has 1 aliphatic heterocycles. The van der Waals surface area contributed by atoms with E-state index in [-0.39, 0.29) is 29.4 Å². The van der Waals surface area contributed by atoms with Crippen LogP contribution in [0.5, 0.6) is 5.75 Å². The van der Waals surface area contributed by atoms with Gasteiger partial charge in [0.25, 0.3) is 11.8 Å². The summed E-state index contributed by atoms with van der Waals surface area (Å²) in [7, 11) is -2.29. The van der Waals surface area contributed by atoms with Crippen molar-refractivity contribution >= 4 is 27.5 Å². The third kappa shape index (κ3) is 4.12. The minimum atomic E-state index is -3.70. The summed E-state index contributed by atoms with van der Waals surface area (Å²) in [5.74, 6) is -0.842. The lowest BCUT2D eigenvalue weighted by atomic mass is 10.2. The Hall–Kier alpha value is -2.43. The lowest BCUT2D eigenvalue weighted by Crippen LogP contribution is -2.34. The Morgan fingerprint density at radius 2 is 1.89 bits per heavy atom. The van der Waals surface area contributed by atoms with Crippen LogP contribution in [0.2, 0.25) is 0 Å². The van der Waals surface area contributed by atoms with Crippen LogP contribution >= 0.6 is 0 Å². The Labute approximate surface area is 158 Å². The fourth-order valence-corrected chi connectivity index (χ4v) is 4.20. The van der Waals surface area contributed by atoms with E-state index in [0.29, 0.717) is 18.8 Å². The molecule has 0 bridgehead atoms. The maximum absolute atomic E-state index is 12.7. The smallest absolute Gasteiger partial charge is 0.277 e. The Morgan fingerprint density at radius 3 is 2.44 bits per heavy atom. The summed E-state index contributed by atoms with van der Waals surface area (Å²) < 4.78 is 32.0. The van der Waals surface area contributed by atoms with Crippen molar-refractivity contribution in [3.05, 3.63) is 30.0 Å². The van der Waals surface area contributed by atoms with Crippen molar-refractivity contribution in [3.63, 3.8) is 0 Å². The molecule has 0 atom stereocenters. The second kappa shape index (κ2) is 8.51. The summed E-state index contributed by atoms with van der Waals surface area (Å²) >= 11 is 0. The molecule has 2 amide bonds. The summed E-state index contributed by atoms with van der Waals surface area (Å²) in [5.41, 5.74) is 0.216. The molecule has 0 saturated carbocycles. The number of amides is 2. The maximum atomic E-state index is 12.7. The average Bonchev–Trinajstić information content (AvgIpc) is 2.90. The van der Waals surface area contributed by atoms with Crippen LogP contribution in [0.15, 0.2) is 34.9 Å². The number of nitrogens with zero attached hydrogens (tertiary/aromatic N) is 2. The van der Waals surface area contributed by atoms with E-state index in [0.717, 1.165) is 11.0 Å². The van der Waals surface area contributed by atoms with Crippen LogP contribution in [0.3, 0.4) is 0 Å². The number of sulfonamides is 1. The average molecular weight is 397 g/mol. The van der Waals surface area contributed by atoms with Gasteiger partial charge < -0.3 is 15.2 Å². The number of rotatable bonds is 9. The van der Waals surface area contributed by atoms with Crippen molar-refractivity contribution in [1.82, 2.24) is 9.21 Å². The zero-order valence-corrected chi connectivity index (χ0v) is 16.2. The normalized spacial score (nSPS) is 14.7. The van der Waals surface area contributed by atoms with Gasteiger partial charge in [0.15, 0.2) is 0 Å². The van der Waals surface area contributed by atoms with Crippen LogP contribution in [0, 0.1) is 0 Å². The van der Waals surface area contributed by atoms with Crippen molar-refractivity contribution in [2.45, 2.75) is 18.7 Å². The Kier molecular flexibility index (Phi) is 6.58. The first-order chi connectivity index (χ1) is 12.8. The van der Waals surface area contributed by atoms with Gasteiger partial charge in [-0.15, -0.1) is 0 Å². The number of hydrogen-bond donors (Lipinski definition) is 2. The maximum Gasteiger partial charge on any atom is 0.277 e. The topological polar surface area (TPSA) is 116 Å². The van der Waals surface area contributed by atoms with Crippen molar-refractivity contribution < 1.29 is 27.9 Å². The second-order valence-corrected chi connectivity index (χ2v) is 7.59. The van der Waals surface area contributed by atoms with Gasteiger partial charge in [0.2, 0.25) is 10.0 Å². The summed E-state index contributed by atoms with van der Waals surface area (Å²) in [5, 5.41) is 11.7. The van der Waals surface area contributed by atoms with Crippen LogP contribution in [0.1, 0.15) is 13.8 Å². The van der Waals surface area contributed by atoms with Gasteiger partial charge in [0.1, 0.15) is 11.4 Å². The molecule has 1 aromatic rings. The molecule has 148 valence electrons. The number of carbonyl (C=O) groups excluding carboxylic acids is 2. The number of aliphatic hydroxyl groups excluding tert-OH is 1. The number of carbonyl (C=O) groups is 2. The van der Waals surface area contributed by atoms with Crippen molar-refractivity contribution in [2.75, 3.05) is 38.7 Å². The van der Waals surface area contributed by atoms with E-state index in [1.54, 1.807) is 13.8 Å². The monoisotopic (exact) mass is 397 g/mol. The highest BCUT2D eigenvalue weighted by molar-refractivity contribution is 7.89. The molecule has 0 aromatic heterocycles. The number of hydrogen-bond acceptors (Lipinski definition) is 7. The number of imide groups is 1. The summed E-state index contributed by atoms with van der Waals surface area (Å²) in [6.45, 7) is 3.66. The lowest BCUT2D eigenvalue weighted by Gasteiger charge is -2.20. The van der Waals surface area contributed by atoms with Gasteiger partial charge in [-0.2, -0.15) is 4.31 Å². The highest BCUT2D eigenvalue weighted by Gasteiger charge is 2.31. The van der Waals surface area contributed by atoms with Crippen LogP contribution in [0.25, 0.3) is 0 Å². The van der Waals surface area contributed by atoms with Crippen LogP contribution < -0.4 is 10.1 Å². The van der Waals surface area contributed by atoms with Crippen LogP contribution in [0.4, 0.5) is 5.69 Å². The molecule has 0 spiro atoms. The first kappa shape index (κ1) is 20.9. The molecular formula is C17H23N3O6S. The number of anilines is 1. The Morgan fingerprint density at radius 1 is 1.22 bits per heavy atom. The van der Waals surface area contributed by atoms with Gasteiger partial charge in [0.05, 0.1) is 30.8 Å². The molecule has 1 aromatic carbocycles. The van der Waals surface area contributed by atoms with E-state index in [2.05, 4.69) is 5.32 Å². The number of aliphatic hydroxyl groups is 1. The molecule has 2 rings (SSSR count). The number of β-amino-alcohol motifs (C(OH)–C–C–N with tert-alkyl or cyclic N) is 1. The predicted molar refractivity (Wildman–Crippen MR) is 98.6 cm³/mol.